The fourth-order valence-electron chi connectivity index (χ4n) is 1.67. The van der Waals surface area contributed by atoms with Crippen LogP contribution in [0.3, 0.4) is 0 Å². The first-order valence-corrected chi connectivity index (χ1v) is 5.08. The van der Waals surface area contributed by atoms with Crippen molar-refractivity contribution in [3.05, 3.63) is 0 Å². The molecule has 1 fully saturated rings. The Balaban J connectivity index is 2.28. The Kier molecular flexibility index (Phi) is 4.31. The van der Waals surface area contributed by atoms with E-state index in [4.69, 9.17) is 9.47 Å². The first-order valence-electron chi connectivity index (χ1n) is 5.08. The lowest BCUT2D eigenvalue weighted by molar-refractivity contribution is -0.124. The molecule has 1 rings (SSSR count). The van der Waals surface area contributed by atoms with Crippen LogP contribution in [-0.4, -0.2) is 55.8 Å². The van der Waals surface area contributed by atoms with Crippen LogP contribution < -0.4 is 0 Å². The normalized spacial score (nSPS) is 22.9. The Labute approximate surface area is 85.8 Å². The van der Waals surface area contributed by atoms with Crippen LogP contribution in [0.5, 0.6) is 0 Å². The molecule has 0 amide bonds. The molecule has 1 heterocycles. The van der Waals surface area contributed by atoms with Crippen molar-refractivity contribution in [3.63, 3.8) is 0 Å². The van der Waals surface area contributed by atoms with Crippen molar-refractivity contribution in [2.75, 3.05) is 33.9 Å². The lowest BCUT2D eigenvalue weighted by Crippen LogP contribution is -2.45. The standard InChI is InChI=1S/C10H21NO3/c1-10(12)4-6-11(7-5-10)8-9(13-2)14-3/h9,12H,4-8H2,1-3H3. The number of hydrogen-bond acceptors (Lipinski definition) is 4. The number of likely N-dealkylation sites (tertiary alicyclic amines) is 1. The van der Waals surface area contributed by atoms with Gasteiger partial charge in [-0.15, -0.1) is 0 Å². The van der Waals surface area contributed by atoms with E-state index in [2.05, 4.69) is 4.90 Å². The van der Waals surface area contributed by atoms with Gasteiger partial charge in [0.05, 0.1) is 5.60 Å². The first-order chi connectivity index (χ1) is 6.57. The molecule has 4 nitrogen and oxygen atoms in total. The Morgan fingerprint density at radius 1 is 1.29 bits per heavy atom. The molecule has 1 aliphatic rings. The van der Waals surface area contributed by atoms with Crippen LogP contribution in [0.1, 0.15) is 19.8 Å². The number of ether oxygens (including phenoxy) is 2. The van der Waals surface area contributed by atoms with Gasteiger partial charge in [-0.2, -0.15) is 0 Å². The van der Waals surface area contributed by atoms with Crippen molar-refractivity contribution in [2.24, 2.45) is 0 Å². The molecule has 0 unspecified atom stereocenters. The molecular formula is C10H21NO3. The Morgan fingerprint density at radius 3 is 2.21 bits per heavy atom. The second-order valence-corrected chi connectivity index (χ2v) is 4.20. The molecule has 0 atom stereocenters. The molecule has 1 aliphatic heterocycles. The van der Waals surface area contributed by atoms with E-state index in [9.17, 15) is 5.11 Å². The van der Waals surface area contributed by atoms with E-state index in [1.807, 2.05) is 6.92 Å². The van der Waals surface area contributed by atoms with Crippen LogP contribution in [0, 0.1) is 0 Å². The van der Waals surface area contributed by atoms with Crippen LogP contribution in [0.25, 0.3) is 0 Å². The smallest absolute Gasteiger partial charge is 0.169 e. The summed E-state index contributed by atoms with van der Waals surface area (Å²) in [5.41, 5.74) is -0.480. The topological polar surface area (TPSA) is 41.9 Å². The van der Waals surface area contributed by atoms with Gasteiger partial charge in [-0.25, -0.2) is 0 Å². The molecule has 0 aromatic carbocycles. The Morgan fingerprint density at radius 2 is 1.79 bits per heavy atom. The minimum atomic E-state index is -0.480. The van der Waals surface area contributed by atoms with Gasteiger partial charge in [0.15, 0.2) is 6.29 Å². The van der Waals surface area contributed by atoms with Gasteiger partial charge in [0.25, 0.3) is 0 Å². The van der Waals surface area contributed by atoms with Crippen molar-refractivity contribution < 1.29 is 14.6 Å². The summed E-state index contributed by atoms with van der Waals surface area (Å²) in [6, 6.07) is 0. The van der Waals surface area contributed by atoms with Crippen LogP contribution in [0.4, 0.5) is 0 Å². The summed E-state index contributed by atoms with van der Waals surface area (Å²) in [6.07, 6.45) is 1.50. The third-order valence-electron chi connectivity index (χ3n) is 2.87. The van der Waals surface area contributed by atoms with E-state index in [0.717, 1.165) is 32.5 Å². The maximum atomic E-state index is 9.75. The number of hydrogen-bond donors (Lipinski definition) is 1. The van der Waals surface area contributed by atoms with E-state index in [1.54, 1.807) is 14.2 Å². The number of aliphatic hydroxyl groups is 1. The minimum Gasteiger partial charge on any atom is -0.390 e. The van der Waals surface area contributed by atoms with Crippen molar-refractivity contribution in [3.8, 4) is 0 Å². The third kappa shape index (κ3) is 3.53. The van der Waals surface area contributed by atoms with Gasteiger partial charge in [-0.05, 0) is 19.8 Å². The summed E-state index contributed by atoms with van der Waals surface area (Å²) in [5, 5.41) is 9.75. The summed E-state index contributed by atoms with van der Waals surface area (Å²) < 4.78 is 10.3. The molecule has 14 heavy (non-hydrogen) atoms. The van der Waals surface area contributed by atoms with Gasteiger partial charge in [0.2, 0.25) is 0 Å². The molecule has 0 radical (unpaired) electrons. The molecule has 4 heteroatoms. The lowest BCUT2D eigenvalue weighted by atomic mass is 9.94. The minimum absolute atomic E-state index is 0.155. The molecule has 0 saturated carbocycles. The van der Waals surface area contributed by atoms with Crippen molar-refractivity contribution in [2.45, 2.75) is 31.7 Å². The van der Waals surface area contributed by atoms with Gasteiger partial charge in [0.1, 0.15) is 0 Å². The molecular weight excluding hydrogens is 182 g/mol. The maximum absolute atomic E-state index is 9.75. The average Bonchev–Trinajstić information content (AvgIpc) is 2.16. The fourth-order valence-corrected chi connectivity index (χ4v) is 1.67. The van der Waals surface area contributed by atoms with E-state index in [-0.39, 0.29) is 6.29 Å². The van der Waals surface area contributed by atoms with Crippen molar-refractivity contribution in [1.29, 1.82) is 0 Å². The van der Waals surface area contributed by atoms with E-state index >= 15 is 0 Å². The van der Waals surface area contributed by atoms with Gasteiger partial charge < -0.3 is 14.6 Å². The summed E-state index contributed by atoms with van der Waals surface area (Å²) in [4.78, 5) is 2.26. The summed E-state index contributed by atoms with van der Waals surface area (Å²) in [5.74, 6) is 0. The van der Waals surface area contributed by atoms with E-state index < -0.39 is 5.60 Å². The monoisotopic (exact) mass is 203 g/mol. The summed E-state index contributed by atoms with van der Waals surface area (Å²) in [7, 11) is 3.29. The Hall–Kier alpha value is -0.160. The molecule has 0 bridgehead atoms. The quantitative estimate of drug-likeness (QED) is 0.674. The van der Waals surface area contributed by atoms with Crippen LogP contribution in [0.2, 0.25) is 0 Å². The molecule has 1 N–H and O–H groups in total. The first kappa shape index (κ1) is 11.9. The highest BCUT2D eigenvalue weighted by molar-refractivity contribution is 4.81. The number of methoxy groups -OCH3 is 2. The molecule has 0 aromatic heterocycles. The van der Waals surface area contributed by atoms with Gasteiger partial charge >= 0.3 is 0 Å². The zero-order valence-corrected chi connectivity index (χ0v) is 9.32. The molecule has 0 aliphatic carbocycles. The predicted molar refractivity (Wildman–Crippen MR) is 54.1 cm³/mol. The number of piperidine rings is 1. The predicted octanol–water partition coefficient (Wildman–Crippen LogP) is 0.452. The highest BCUT2D eigenvalue weighted by atomic mass is 16.7. The second kappa shape index (κ2) is 5.07. The molecule has 1 saturated heterocycles. The molecule has 0 spiro atoms. The number of rotatable bonds is 4. The third-order valence-corrected chi connectivity index (χ3v) is 2.87. The van der Waals surface area contributed by atoms with Gasteiger partial charge in [-0.3, -0.25) is 4.90 Å². The fraction of sp³-hybridized carbons (Fsp3) is 1.00. The largest absolute Gasteiger partial charge is 0.390 e. The van der Waals surface area contributed by atoms with E-state index in [0.29, 0.717) is 0 Å². The van der Waals surface area contributed by atoms with Gasteiger partial charge in [-0.1, -0.05) is 0 Å². The SMILES string of the molecule is COC(CN1CCC(C)(O)CC1)OC. The Bertz CT molecular complexity index is 159. The van der Waals surface area contributed by atoms with Crippen LogP contribution in [0.15, 0.2) is 0 Å². The maximum Gasteiger partial charge on any atom is 0.169 e. The molecule has 0 aromatic rings. The van der Waals surface area contributed by atoms with Crippen LogP contribution in [-0.2, 0) is 9.47 Å². The highest BCUT2D eigenvalue weighted by Gasteiger charge is 2.28. The van der Waals surface area contributed by atoms with Crippen molar-refractivity contribution >= 4 is 0 Å². The second-order valence-electron chi connectivity index (χ2n) is 4.20. The van der Waals surface area contributed by atoms with Gasteiger partial charge in [0, 0.05) is 33.9 Å². The van der Waals surface area contributed by atoms with Crippen LogP contribution >= 0.6 is 0 Å². The summed E-state index contributed by atoms with van der Waals surface area (Å²) >= 11 is 0. The lowest BCUT2D eigenvalue weighted by Gasteiger charge is -2.36. The number of nitrogens with zero attached hydrogens (tertiary/aromatic N) is 1. The zero-order valence-electron chi connectivity index (χ0n) is 9.32. The highest BCUT2D eigenvalue weighted by Crippen LogP contribution is 2.21. The zero-order chi connectivity index (χ0) is 10.6. The van der Waals surface area contributed by atoms with Crippen molar-refractivity contribution in [1.82, 2.24) is 4.90 Å². The van der Waals surface area contributed by atoms with E-state index in [1.165, 1.54) is 0 Å². The summed E-state index contributed by atoms with van der Waals surface area (Å²) in [6.45, 7) is 4.50. The average molecular weight is 203 g/mol. The molecule has 84 valence electrons.